The lowest BCUT2D eigenvalue weighted by Crippen LogP contribution is -2.55. The van der Waals surface area contributed by atoms with Crippen molar-refractivity contribution in [3.63, 3.8) is 0 Å². The number of nitrogens with two attached hydrogens (primary N) is 1. The molecule has 1 aromatic heterocycles. The number of piperazine rings is 1. The molecule has 2 fully saturated rings. The standard InChI is InChI=1S/C18H26N6O3S/c1-13-9-14-15(10-16(13)27-2)20-12-21-17(14)23-5-7-24(8-6-23)18(3-4-18)11-22-28(19,25)26/h9-10,12,22H,3-8,11H2,1-2H3,(H2,19,25,26). The minimum Gasteiger partial charge on any atom is -0.496 e. The predicted molar refractivity (Wildman–Crippen MR) is 108 cm³/mol. The van der Waals surface area contributed by atoms with Crippen molar-refractivity contribution in [3.05, 3.63) is 24.0 Å². The smallest absolute Gasteiger partial charge is 0.274 e. The van der Waals surface area contributed by atoms with Gasteiger partial charge in [0, 0.05) is 49.7 Å². The second-order valence-electron chi connectivity index (χ2n) is 7.60. The van der Waals surface area contributed by atoms with Crippen LogP contribution in [0.4, 0.5) is 5.82 Å². The number of hydrogen-bond acceptors (Lipinski definition) is 7. The maximum atomic E-state index is 11.2. The van der Waals surface area contributed by atoms with Crippen molar-refractivity contribution in [2.45, 2.75) is 25.3 Å². The van der Waals surface area contributed by atoms with Crippen LogP contribution in [0.15, 0.2) is 18.5 Å². The summed E-state index contributed by atoms with van der Waals surface area (Å²) in [4.78, 5) is 13.6. The van der Waals surface area contributed by atoms with E-state index in [0.717, 1.165) is 67.1 Å². The summed E-state index contributed by atoms with van der Waals surface area (Å²) in [6.07, 6.45) is 3.58. The molecule has 2 aliphatic rings. The highest BCUT2D eigenvalue weighted by Crippen LogP contribution is 2.42. The van der Waals surface area contributed by atoms with E-state index in [1.165, 1.54) is 0 Å². The van der Waals surface area contributed by atoms with Gasteiger partial charge in [-0.25, -0.2) is 19.8 Å². The third kappa shape index (κ3) is 3.77. The number of benzene rings is 1. The SMILES string of the molecule is COc1cc2ncnc(N3CCN(C4(CNS(N)(=O)=O)CC4)CC3)c2cc1C. The molecular weight excluding hydrogens is 380 g/mol. The molecule has 28 heavy (non-hydrogen) atoms. The van der Waals surface area contributed by atoms with E-state index in [-0.39, 0.29) is 5.54 Å². The van der Waals surface area contributed by atoms with Gasteiger partial charge >= 0.3 is 0 Å². The molecule has 1 aliphatic heterocycles. The molecule has 10 heteroatoms. The van der Waals surface area contributed by atoms with Crippen LogP contribution < -0.4 is 19.5 Å². The third-order valence-corrected chi connectivity index (χ3v) is 6.36. The van der Waals surface area contributed by atoms with E-state index in [4.69, 9.17) is 9.88 Å². The molecule has 1 saturated heterocycles. The minimum atomic E-state index is -3.66. The predicted octanol–water partition coefficient (Wildman–Crippen LogP) is 0.395. The van der Waals surface area contributed by atoms with E-state index in [1.807, 2.05) is 13.0 Å². The highest BCUT2D eigenvalue weighted by molar-refractivity contribution is 7.87. The fourth-order valence-electron chi connectivity index (χ4n) is 4.03. The summed E-state index contributed by atoms with van der Waals surface area (Å²) in [6.45, 7) is 5.76. The molecule has 1 aromatic carbocycles. The number of methoxy groups -OCH3 is 1. The Balaban J connectivity index is 1.49. The highest BCUT2D eigenvalue weighted by atomic mass is 32.2. The van der Waals surface area contributed by atoms with E-state index < -0.39 is 10.2 Å². The number of anilines is 1. The van der Waals surface area contributed by atoms with Crippen molar-refractivity contribution < 1.29 is 13.2 Å². The number of rotatable bonds is 6. The molecule has 1 saturated carbocycles. The number of fused-ring (bicyclic) bond motifs is 1. The lowest BCUT2D eigenvalue weighted by Gasteiger charge is -2.40. The Bertz CT molecular complexity index is 984. The first-order valence-electron chi connectivity index (χ1n) is 9.38. The van der Waals surface area contributed by atoms with E-state index in [2.05, 4.69) is 30.6 Å². The molecule has 2 aromatic rings. The highest BCUT2D eigenvalue weighted by Gasteiger charge is 2.48. The van der Waals surface area contributed by atoms with Crippen molar-refractivity contribution in [3.8, 4) is 5.75 Å². The second kappa shape index (κ2) is 7.11. The Kier molecular flexibility index (Phi) is 4.90. The van der Waals surface area contributed by atoms with Crippen molar-refractivity contribution in [1.29, 1.82) is 0 Å². The van der Waals surface area contributed by atoms with E-state index in [1.54, 1.807) is 13.4 Å². The van der Waals surface area contributed by atoms with Gasteiger partial charge in [-0.2, -0.15) is 8.42 Å². The molecule has 4 rings (SSSR count). The zero-order valence-corrected chi connectivity index (χ0v) is 17.0. The molecule has 0 atom stereocenters. The summed E-state index contributed by atoms with van der Waals surface area (Å²) < 4.78 is 30.4. The molecule has 3 N–H and O–H groups in total. The van der Waals surface area contributed by atoms with E-state index in [0.29, 0.717) is 6.54 Å². The quantitative estimate of drug-likeness (QED) is 0.713. The van der Waals surface area contributed by atoms with Gasteiger partial charge in [0.1, 0.15) is 17.9 Å². The number of nitrogens with zero attached hydrogens (tertiary/aromatic N) is 4. The van der Waals surface area contributed by atoms with Crippen LogP contribution in [0, 0.1) is 6.92 Å². The van der Waals surface area contributed by atoms with Crippen LogP contribution in [0.25, 0.3) is 10.9 Å². The summed E-state index contributed by atoms with van der Waals surface area (Å²) in [6, 6.07) is 4.03. The molecule has 1 aliphatic carbocycles. The summed E-state index contributed by atoms with van der Waals surface area (Å²) in [5.74, 6) is 1.75. The number of aryl methyl sites for hydroxylation is 1. The van der Waals surface area contributed by atoms with Crippen LogP contribution in [-0.4, -0.2) is 68.7 Å². The Hall–Kier alpha value is -2.01. The summed E-state index contributed by atoms with van der Waals surface area (Å²) >= 11 is 0. The van der Waals surface area contributed by atoms with Crippen LogP contribution >= 0.6 is 0 Å². The average Bonchev–Trinajstić information content (AvgIpc) is 3.46. The van der Waals surface area contributed by atoms with Gasteiger partial charge in [-0.1, -0.05) is 0 Å². The van der Waals surface area contributed by atoms with E-state index >= 15 is 0 Å². The molecule has 9 nitrogen and oxygen atoms in total. The Labute approximate surface area is 165 Å². The van der Waals surface area contributed by atoms with Crippen molar-refractivity contribution in [2.75, 3.05) is 44.7 Å². The molecule has 2 heterocycles. The van der Waals surface area contributed by atoms with Crippen molar-refractivity contribution in [2.24, 2.45) is 5.14 Å². The van der Waals surface area contributed by atoms with Crippen LogP contribution in [-0.2, 0) is 10.2 Å². The summed E-state index contributed by atoms with van der Waals surface area (Å²) in [7, 11) is -2.00. The molecule has 0 radical (unpaired) electrons. The molecule has 0 spiro atoms. The molecule has 152 valence electrons. The lowest BCUT2D eigenvalue weighted by molar-refractivity contribution is 0.167. The van der Waals surface area contributed by atoms with Crippen LogP contribution in [0.3, 0.4) is 0 Å². The average molecular weight is 407 g/mol. The normalized spacial score (nSPS) is 19.8. The second-order valence-corrected chi connectivity index (χ2v) is 8.98. The Morgan fingerprint density at radius 2 is 1.93 bits per heavy atom. The Morgan fingerprint density at radius 3 is 2.54 bits per heavy atom. The van der Waals surface area contributed by atoms with Gasteiger partial charge in [-0.3, -0.25) is 4.90 Å². The number of nitrogens with one attached hydrogen (secondary N) is 1. The van der Waals surface area contributed by atoms with E-state index in [9.17, 15) is 8.42 Å². The monoisotopic (exact) mass is 406 g/mol. The Morgan fingerprint density at radius 1 is 1.21 bits per heavy atom. The van der Waals surface area contributed by atoms with Crippen LogP contribution in [0.2, 0.25) is 0 Å². The zero-order chi connectivity index (χ0) is 19.9. The van der Waals surface area contributed by atoms with Crippen molar-refractivity contribution >= 4 is 26.9 Å². The largest absolute Gasteiger partial charge is 0.496 e. The minimum absolute atomic E-state index is 0.0871. The molecule has 0 bridgehead atoms. The first kappa shape index (κ1) is 19.3. The molecule has 0 amide bonds. The van der Waals surface area contributed by atoms with Crippen LogP contribution in [0.1, 0.15) is 18.4 Å². The third-order valence-electron chi connectivity index (χ3n) is 5.81. The number of hydrogen-bond donors (Lipinski definition) is 2. The van der Waals surface area contributed by atoms with Crippen LogP contribution in [0.5, 0.6) is 5.75 Å². The topological polar surface area (TPSA) is 114 Å². The first-order chi connectivity index (χ1) is 13.3. The number of aromatic nitrogens is 2. The lowest BCUT2D eigenvalue weighted by atomic mass is 10.1. The fraction of sp³-hybridized carbons (Fsp3) is 0.556. The molecule has 0 unspecified atom stereocenters. The maximum absolute atomic E-state index is 11.2. The van der Waals surface area contributed by atoms with Gasteiger partial charge in [0.2, 0.25) is 0 Å². The van der Waals surface area contributed by atoms with Gasteiger partial charge in [0.05, 0.1) is 12.6 Å². The van der Waals surface area contributed by atoms with Gasteiger partial charge in [-0.15, -0.1) is 0 Å². The summed E-state index contributed by atoms with van der Waals surface area (Å²) in [5.41, 5.74) is 1.83. The zero-order valence-electron chi connectivity index (χ0n) is 16.2. The maximum Gasteiger partial charge on any atom is 0.274 e. The van der Waals surface area contributed by atoms with Gasteiger partial charge < -0.3 is 9.64 Å². The molecular formula is C18H26N6O3S. The first-order valence-corrected chi connectivity index (χ1v) is 10.9. The number of ether oxygens (including phenoxy) is 1. The van der Waals surface area contributed by atoms with Gasteiger partial charge in [0.25, 0.3) is 10.2 Å². The summed E-state index contributed by atoms with van der Waals surface area (Å²) in [5, 5.41) is 6.11. The van der Waals surface area contributed by atoms with Crippen molar-refractivity contribution in [1.82, 2.24) is 19.6 Å². The van der Waals surface area contributed by atoms with Gasteiger partial charge in [0.15, 0.2) is 0 Å². The fourth-order valence-corrected chi connectivity index (χ4v) is 4.50. The van der Waals surface area contributed by atoms with Gasteiger partial charge in [-0.05, 0) is 31.4 Å².